The van der Waals surface area contributed by atoms with Crippen LogP contribution in [0, 0.1) is 0 Å². The minimum atomic E-state index is -0.153. The highest BCUT2D eigenvalue weighted by Gasteiger charge is 2.18. The third-order valence-corrected chi connectivity index (χ3v) is 5.36. The number of nitrogens with zero attached hydrogens (tertiary/aromatic N) is 1. The molecule has 0 atom stereocenters. The van der Waals surface area contributed by atoms with E-state index in [1.165, 1.54) is 0 Å². The summed E-state index contributed by atoms with van der Waals surface area (Å²) >= 11 is 0. The van der Waals surface area contributed by atoms with E-state index in [0.717, 1.165) is 22.3 Å². The van der Waals surface area contributed by atoms with Crippen LogP contribution < -0.4 is 19.5 Å². The fraction of sp³-hybridized carbons (Fsp3) is 0.240. The van der Waals surface area contributed by atoms with Crippen LogP contribution in [0.15, 0.2) is 65.3 Å². The smallest absolute Gasteiger partial charge is 0.268 e. The van der Waals surface area contributed by atoms with Gasteiger partial charge < -0.3 is 28.5 Å². The van der Waals surface area contributed by atoms with Gasteiger partial charge in [-0.3, -0.25) is 4.79 Å². The third kappa shape index (κ3) is 4.42. The number of hydrogen-bond acceptors (Lipinski definition) is 5. The van der Waals surface area contributed by atoms with Gasteiger partial charge in [-0.1, -0.05) is 18.2 Å². The predicted octanol–water partition coefficient (Wildman–Crippen LogP) is 4.28. The first kappa shape index (κ1) is 21.4. The lowest BCUT2D eigenvalue weighted by Crippen LogP contribution is -2.28. The molecule has 7 heteroatoms. The van der Waals surface area contributed by atoms with Crippen LogP contribution in [0.4, 0.5) is 0 Å². The molecule has 0 spiro atoms. The van der Waals surface area contributed by atoms with E-state index in [0.29, 0.717) is 42.4 Å². The maximum absolute atomic E-state index is 13.0. The highest BCUT2D eigenvalue weighted by molar-refractivity contribution is 5.97. The fourth-order valence-electron chi connectivity index (χ4n) is 3.72. The molecule has 0 aliphatic heterocycles. The maximum Gasteiger partial charge on any atom is 0.268 e. The van der Waals surface area contributed by atoms with E-state index in [-0.39, 0.29) is 5.91 Å². The number of nitrogens with one attached hydrogen (secondary N) is 1. The number of aromatic nitrogens is 1. The summed E-state index contributed by atoms with van der Waals surface area (Å²) in [7, 11) is 4.85. The van der Waals surface area contributed by atoms with Crippen LogP contribution in [0.2, 0.25) is 0 Å². The molecule has 0 radical (unpaired) electrons. The van der Waals surface area contributed by atoms with Crippen LogP contribution in [0.3, 0.4) is 0 Å². The van der Waals surface area contributed by atoms with Gasteiger partial charge in [-0.2, -0.15) is 0 Å². The number of amides is 1. The summed E-state index contributed by atoms with van der Waals surface area (Å²) in [5.41, 5.74) is 3.27. The number of carbonyl (C=O) groups excluding carboxylic acids is 1. The number of fused-ring (bicyclic) bond motifs is 1. The summed E-state index contributed by atoms with van der Waals surface area (Å²) < 4.78 is 23.5. The van der Waals surface area contributed by atoms with Crippen molar-refractivity contribution < 1.29 is 23.4 Å². The Bertz CT molecular complexity index is 1220. The fourth-order valence-corrected chi connectivity index (χ4v) is 3.72. The molecule has 166 valence electrons. The molecular formula is C25H26N2O5. The van der Waals surface area contributed by atoms with Crippen LogP contribution >= 0.6 is 0 Å². The van der Waals surface area contributed by atoms with Crippen molar-refractivity contribution in [1.29, 1.82) is 0 Å². The molecule has 2 aromatic carbocycles. The summed E-state index contributed by atoms with van der Waals surface area (Å²) in [4.78, 5) is 13.0. The average molecular weight is 434 g/mol. The molecule has 2 heterocycles. The standard InChI is InChI=1S/C25H26N2O5/c1-29-20-6-4-5-18(13-20)16-27-21(15-19-10-12-32-25(19)27)24(28)26-11-9-17-7-8-22(30-2)23(14-17)31-3/h4-8,10,12-15H,9,11,16H2,1-3H3,(H,26,28). The second-order valence-electron chi connectivity index (χ2n) is 7.34. The number of methoxy groups -OCH3 is 3. The van der Waals surface area contributed by atoms with Crippen molar-refractivity contribution in [2.45, 2.75) is 13.0 Å². The van der Waals surface area contributed by atoms with E-state index < -0.39 is 0 Å². The molecule has 0 saturated carbocycles. The Balaban J connectivity index is 1.49. The number of benzene rings is 2. The normalized spacial score (nSPS) is 10.8. The van der Waals surface area contributed by atoms with Crippen LogP contribution in [0.1, 0.15) is 21.6 Å². The Morgan fingerprint density at radius 1 is 0.938 bits per heavy atom. The first-order chi connectivity index (χ1) is 15.6. The van der Waals surface area contributed by atoms with Crippen molar-refractivity contribution in [2.75, 3.05) is 27.9 Å². The van der Waals surface area contributed by atoms with Gasteiger partial charge in [0.15, 0.2) is 11.5 Å². The van der Waals surface area contributed by atoms with Gasteiger partial charge in [-0.25, -0.2) is 0 Å². The SMILES string of the molecule is COc1cccc(Cn2c(C(=O)NCCc3ccc(OC)c(OC)c3)cc3ccoc32)c1. The zero-order valence-corrected chi connectivity index (χ0v) is 18.4. The molecule has 0 bridgehead atoms. The predicted molar refractivity (Wildman–Crippen MR) is 122 cm³/mol. The van der Waals surface area contributed by atoms with E-state index in [2.05, 4.69) is 5.32 Å². The van der Waals surface area contributed by atoms with E-state index in [1.807, 2.05) is 59.2 Å². The van der Waals surface area contributed by atoms with E-state index in [4.69, 9.17) is 18.6 Å². The number of furan rings is 1. The molecule has 4 rings (SSSR count). The van der Waals surface area contributed by atoms with Gasteiger partial charge in [0.05, 0.1) is 34.1 Å². The van der Waals surface area contributed by atoms with Crippen LogP contribution in [-0.2, 0) is 13.0 Å². The molecule has 0 fully saturated rings. The van der Waals surface area contributed by atoms with Gasteiger partial charge in [0.2, 0.25) is 5.71 Å². The van der Waals surface area contributed by atoms with Crippen molar-refractivity contribution in [3.8, 4) is 17.2 Å². The second kappa shape index (κ2) is 9.51. The van der Waals surface area contributed by atoms with Gasteiger partial charge in [0, 0.05) is 11.9 Å². The number of carbonyl (C=O) groups is 1. The Kier molecular flexibility index (Phi) is 6.35. The molecule has 2 aromatic heterocycles. The Hall–Kier alpha value is -3.87. The van der Waals surface area contributed by atoms with Gasteiger partial charge in [0.1, 0.15) is 11.4 Å². The highest BCUT2D eigenvalue weighted by Crippen LogP contribution is 2.28. The Morgan fingerprint density at radius 2 is 1.78 bits per heavy atom. The molecule has 7 nitrogen and oxygen atoms in total. The summed E-state index contributed by atoms with van der Waals surface area (Å²) in [5.74, 6) is 1.97. The van der Waals surface area contributed by atoms with Crippen LogP contribution in [-0.4, -0.2) is 38.3 Å². The van der Waals surface area contributed by atoms with Crippen molar-refractivity contribution in [3.63, 3.8) is 0 Å². The molecule has 1 amide bonds. The lowest BCUT2D eigenvalue weighted by Gasteiger charge is -2.12. The quantitative estimate of drug-likeness (QED) is 0.426. The topological polar surface area (TPSA) is 74.9 Å². The molecule has 1 N–H and O–H groups in total. The molecular weight excluding hydrogens is 408 g/mol. The zero-order valence-electron chi connectivity index (χ0n) is 18.4. The molecule has 4 aromatic rings. The van der Waals surface area contributed by atoms with Crippen molar-refractivity contribution in [3.05, 3.63) is 77.7 Å². The second-order valence-corrected chi connectivity index (χ2v) is 7.34. The van der Waals surface area contributed by atoms with Crippen molar-refractivity contribution in [1.82, 2.24) is 9.88 Å². The summed E-state index contributed by atoms with van der Waals surface area (Å²) in [6, 6.07) is 17.2. The Labute approximate surface area is 186 Å². The first-order valence-corrected chi connectivity index (χ1v) is 10.3. The van der Waals surface area contributed by atoms with Gasteiger partial charge in [-0.05, 0) is 53.9 Å². The first-order valence-electron chi connectivity index (χ1n) is 10.3. The van der Waals surface area contributed by atoms with Gasteiger partial charge >= 0.3 is 0 Å². The van der Waals surface area contributed by atoms with Gasteiger partial charge in [-0.15, -0.1) is 0 Å². The van der Waals surface area contributed by atoms with Crippen molar-refractivity contribution >= 4 is 17.0 Å². The molecule has 0 unspecified atom stereocenters. The Morgan fingerprint density at radius 3 is 2.56 bits per heavy atom. The van der Waals surface area contributed by atoms with Crippen molar-refractivity contribution in [2.24, 2.45) is 0 Å². The average Bonchev–Trinajstić information content (AvgIpc) is 3.41. The minimum absolute atomic E-state index is 0.153. The highest BCUT2D eigenvalue weighted by atomic mass is 16.5. The molecule has 0 saturated heterocycles. The van der Waals surface area contributed by atoms with Gasteiger partial charge in [0.25, 0.3) is 5.91 Å². The summed E-state index contributed by atoms with van der Waals surface area (Å²) in [6.07, 6.45) is 2.30. The maximum atomic E-state index is 13.0. The monoisotopic (exact) mass is 434 g/mol. The molecule has 0 aliphatic carbocycles. The summed E-state index contributed by atoms with van der Waals surface area (Å²) in [5, 5.41) is 3.90. The zero-order chi connectivity index (χ0) is 22.5. The lowest BCUT2D eigenvalue weighted by atomic mass is 10.1. The van der Waals surface area contributed by atoms with E-state index in [1.54, 1.807) is 27.6 Å². The molecule has 32 heavy (non-hydrogen) atoms. The van der Waals surface area contributed by atoms with Crippen LogP contribution in [0.25, 0.3) is 11.1 Å². The lowest BCUT2D eigenvalue weighted by molar-refractivity contribution is 0.0945. The number of rotatable bonds is 9. The van der Waals surface area contributed by atoms with Crippen LogP contribution in [0.5, 0.6) is 17.2 Å². The minimum Gasteiger partial charge on any atom is -0.497 e. The number of hydrogen-bond donors (Lipinski definition) is 1. The third-order valence-electron chi connectivity index (χ3n) is 5.36. The van der Waals surface area contributed by atoms with E-state index in [9.17, 15) is 4.79 Å². The number of ether oxygens (including phenoxy) is 3. The summed E-state index contributed by atoms with van der Waals surface area (Å²) in [6.45, 7) is 0.979. The molecule has 0 aliphatic rings. The van der Waals surface area contributed by atoms with E-state index >= 15 is 0 Å². The largest absolute Gasteiger partial charge is 0.497 e.